The normalized spacial score (nSPS) is 10.2. The van der Waals surface area contributed by atoms with Crippen molar-refractivity contribution < 1.29 is 9.59 Å². The molecule has 2 amide bonds. The van der Waals surface area contributed by atoms with Gasteiger partial charge < -0.3 is 16.4 Å². The van der Waals surface area contributed by atoms with Gasteiger partial charge in [-0.2, -0.15) is 0 Å². The van der Waals surface area contributed by atoms with Gasteiger partial charge in [-0.15, -0.1) is 0 Å². The number of carbonyl (C=O) groups excluding carboxylic acids is 2. The third-order valence-corrected chi connectivity index (χ3v) is 3.71. The SMILES string of the molecule is Nc1ccccc1NC(=O)c1ccc(NC(=O)Cc2ccccn2)cc1. The van der Waals surface area contributed by atoms with Crippen molar-refractivity contribution >= 4 is 28.9 Å². The van der Waals surface area contributed by atoms with E-state index < -0.39 is 0 Å². The number of anilines is 3. The summed E-state index contributed by atoms with van der Waals surface area (Å²) in [6.45, 7) is 0. The summed E-state index contributed by atoms with van der Waals surface area (Å²) < 4.78 is 0. The van der Waals surface area contributed by atoms with Gasteiger partial charge in [-0.3, -0.25) is 14.6 Å². The predicted molar refractivity (Wildman–Crippen MR) is 102 cm³/mol. The summed E-state index contributed by atoms with van der Waals surface area (Å²) in [4.78, 5) is 28.4. The average Bonchev–Trinajstić information content (AvgIpc) is 2.65. The van der Waals surface area contributed by atoms with Crippen LogP contribution in [0, 0.1) is 0 Å². The molecule has 0 bridgehead atoms. The van der Waals surface area contributed by atoms with E-state index in [0.29, 0.717) is 28.3 Å². The monoisotopic (exact) mass is 346 g/mol. The van der Waals surface area contributed by atoms with Crippen LogP contribution in [0.15, 0.2) is 72.9 Å². The van der Waals surface area contributed by atoms with E-state index in [0.717, 1.165) is 0 Å². The number of hydrogen-bond donors (Lipinski definition) is 3. The van der Waals surface area contributed by atoms with E-state index in [2.05, 4.69) is 15.6 Å². The van der Waals surface area contributed by atoms with Crippen LogP contribution in [-0.4, -0.2) is 16.8 Å². The van der Waals surface area contributed by atoms with Gasteiger partial charge in [0, 0.05) is 23.1 Å². The van der Waals surface area contributed by atoms with Gasteiger partial charge in [0.15, 0.2) is 0 Å². The van der Waals surface area contributed by atoms with E-state index in [9.17, 15) is 9.59 Å². The van der Waals surface area contributed by atoms with Crippen LogP contribution < -0.4 is 16.4 Å². The molecule has 0 saturated heterocycles. The second-order valence-corrected chi connectivity index (χ2v) is 5.66. The van der Waals surface area contributed by atoms with Gasteiger partial charge in [0.05, 0.1) is 17.8 Å². The minimum absolute atomic E-state index is 0.169. The predicted octanol–water partition coefficient (Wildman–Crippen LogP) is 3.10. The van der Waals surface area contributed by atoms with E-state index >= 15 is 0 Å². The highest BCUT2D eigenvalue weighted by molar-refractivity contribution is 6.06. The van der Waals surface area contributed by atoms with E-state index in [1.165, 1.54) is 0 Å². The fourth-order valence-electron chi connectivity index (χ4n) is 2.38. The molecule has 130 valence electrons. The Balaban J connectivity index is 1.60. The quantitative estimate of drug-likeness (QED) is 0.618. The molecule has 0 aliphatic rings. The zero-order chi connectivity index (χ0) is 18.4. The Kier molecular flexibility index (Phi) is 5.24. The van der Waals surface area contributed by atoms with Crippen LogP contribution in [0.1, 0.15) is 16.1 Å². The largest absolute Gasteiger partial charge is 0.397 e. The number of nitrogens with two attached hydrogens (primary N) is 1. The fraction of sp³-hybridized carbons (Fsp3) is 0.0500. The molecule has 1 aromatic heterocycles. The summed E-state index contributed by atoms with van der Waals surface area (Å²) in [5.74, 6) is -0.438. The lowest BCUT2D eigenvalue weighted by molar-refractivity contribution is -0.115. The number of pyridine rings is 1. The second-order valence-electron chi connectivity index (χ2n) is 5.66. The minimum atomic E-state index is -0.269. The van der Waals surface area contributed by atoms with Crippen LogP contribution >= 0.6 is 0 Å². The maximum absolute atomic E-state index is 12.3. The van der Waals surface area contributed by atoms with E-state index in [-0.39, 0.29) is 18.2 Å². The standard InChI is InChI=1S/C20H18N4O2/c21-17-6-1-2-7-18(17)24-20(26)14-8-10-15(11-9-14)23-19(25)13-16-5-3-4-12-22-16/h1-12H,13,21H2,(H,23,25)(H,24,26). The zero-order valence-electron chi connectivity index (χ0n) is 14.0. The van der Waals surface area contributed by atoms with Crippen molar-refractivity contribution in [1.29, 1.82) is 0 Å². The Morgan fingerprint density at radius 2 is 1.62 bits per heavy atom. The maximum atomic E-state index is 12.3. The first-order chi connectivity index (χ1) is 12.6. The molecular formula is C20H18N4O2. The van der Waals surface area contributed by atoms with Crippen LogP contribution in [-0.2, 0) is 11.2 Å². The van der Waals surface area contributed by atoms with Crippen molar-refractivity contribution in [2.45, 2.75) is 6.42 Å². The number of amides is 2. The highest BCUT2D eigenvalue weighted by atomic mass is 16.2. The van der Waals surface area contributed by atoms with E-state index in [1.807, 2.05) is 6.07 Å². The Hall–Kier alpha value is -3.67. The van der Waals surface area contributed by atoms with Crippen LogP contribution in [0.4, 0.5) is 17.1 Å². The summed E-state index contributed by atoms with van der Waals surface area (Å²) in [5, 5.41) is 5.54. The highest BCUT2D eigenvalue weighted by Gasteiger charge is 2.09. The molecule has 6 nitrogen and oxygen atoms in total. The Labute approximate surface area is 151 Å². The second kappa shape index (κ2) is 7.94. The molecule has 1 heterocycles. The smallest absolute Gasteiger partial charge is 0.255 e. The molecule has 0 spiro atoms. The first-order valence-corrected chi connectivity index (χ1v) is 8.07. The third kappa shape index (κ3) is 4.45. The number of aromatic nitrogens is 1. The molecule has 0 saturated carbocycles. The van der Waals surface area contributed by atoms with Crippen molar-refractivity contribution in [2.75, 3.05) is 16.4 Å². The lowest BCUT2D eigenvalue weighted by atomic mass is 10.1. The molecule has 0 aliphatic carbocycles. The molecule has 0 atom stereocenters. The topological polar surface area (TPSA) is 97.1 Å². The van der Waals surface area contributed by atoms with Crippen molar-refractivity contribution in [3.8, 4) is 0 Å². The fourth-order valence-corrected chi connectivity index (χ4v) is 2.38. The summed E-state index contributed by atoms with van der Waals surface area (Å²) in [6.07, 6.45) is 1.84. The molecule has 0 radical (unpaired) electrons. The Morgan fingerprint density at radius 3 is 2.31 bits per heavy atom. The van der Waals surface area contributed by atoms with Gasteiger partial charge in [-0.05, 0) is 48.5 Å². The number of carbonyl (C=O) groups is 2. The number of nitrogen functional groups attached to an aromatic ring is 1. The van der Waals surface area contributed by atoms with Crippen molar-refractivity contribution in [2.24, 2.45) is 0 Å². The number of para-hydroxylation sites is 2. The van der Waals surface area contributed by atoms with Gasteiger partial charge in [0.25, 0.3) is 5.91 Å². The van der Waals surface area contributed by atoms with E-state index in [1.54, 1.807) is 66.9 Å². The van der Waals surface area contributed by atoms with Crippen LogP contribution in [0.5, 0.6) is 0 Å². The van der Waals surface area contributed by atoms with Crippen molar-refractivity contribution in [3.63, 3.8) is 0 Å². The molecule has 3 rings (SSSR count). The van der Waals surface area contributed by atoms with Crippen LogP contribution in [0.25, 0.3) is 0 Å². The molecule has 2 aromatic carbocycles. The molecule has 4 N–H and O–H groups in total. The third-order valence-electron chi connectivity index (χ3n) is 3.71. The summed E-state index contributed by atoms with van der Waals surface area (Å²) in [5.41, 5.74) is 8.66. The van der Waals surface area contributed by atoms with Gasteiger partial charge in [0.1, 0.15) is 0 Å². The lowest BCUT2D eigenvalue weighted by Crippen LogP contribution is -2.16. The number of benzene rings is 2. The van der Waals surface area contributed by atoms with Gasteiger partial charge in [-0.1, -0.05) is 18.2 Å². The summed E-state index contributed by atoms with van der Waals surface area (Å²) in [6, 6.07) is 19.1. The molecule has 26 heavy (non-hydrogen) atoms. The highest BCUT2D eigenvalue weighted by Crippen LogP contribution is 2.18. The molecule has 3 aromatic rings. The van der Waals surface area contributed by atoms with Crippen LogP contribution in [0.3, 0.4) is 0 Å². The van der Waals surface area contributed by atoms with Crippen LogP contribution in [0.2, 0.25) is 0 Å². The molecule has 6 heteroatoms. The number of nitrogens with zero attached hydrogens (tertiary/aromatic N) is 1. The Morgan fingerprint density at radius 1 is 0.885 bits per heavy atom. The first kappa shape index (κ1) is 17.2. The van der Waals surface area contributed by atoms with Crippen molar-refractivity contribution in [1.82, 2.24) is 4.98 Å². The number of nitrogens with one attached hydrogen (secondary N) is 2. The molecule has 0 aliphatic heterocycles. The van der Waals surface area contributed by atoms with Gasteiger partial charge in [0.2, 0.25) is 5.91 Å². The van der Waals surface area contributed by atoms with Gasteiger partial charge >= 0.3 is 0 Å². The minimum Gasteiger partial charge on any atom is -0.397 e. The summed E-state index contributed by atoms with van der Waals surface area (Å²) >= 11 is 0. The molecule has 0 fully saturated rings. The summed E-state index contributed by atoms with van der Waals surface area (Å²) in [7, 11) is 0. The first-order valence-electron chi connectivity index (χ1n) is 8.07. The van der Waals surface area contributed by atoms with Crippen molar-refractivity contribution in [3.05, 3.63) is 84.2 Å². The zero-order valence-corrected chi connectivity index (χ0v) is 14.0. The van der Waals surface area contributed by atoms with Gasteiger partial charge in [-0.25, -0.2) is 0 Å². The number of rotatable bonds is 5. The average molecular weight is 346 g/mol. The van der Waals surface area contributed by atoms with E-state index in [4.69, 9.17) is 5.73 Å². The Bertz CT molecular complexity index is 909. The molecule has 0 unspecified atom stereocenters. The number of hydrogen-bond acceptors (Lipinski definition) is 4. The lowest BCUT2D eigenvalue weighted by Gasteiger charge is -2.09. The molecular weight excluding hydrogens is 328 g/mol. The maximum Gasteiger partial charge on any atom is 0.255 e.